The van der Waals surface area contributed by atoms with Crippen molar-refractivity contribution >= 4 is 17.6 Å². The maximum Gasteiger partial charge on any atom is 0.306 e. The van der Waals surface area contributed by atoms with Gasteiger partial charge in [0.1, 0.15) is 5.75 Å². The fraction of sp³-hybridized carbons (Fsp3) is 0.529. The summed E-state index contributed by atoms with van der Waals surface area (Å²) in [4.78, 5) is 23.4. The Hall–Kier alpha value is -2.04. The molecule has 5 nitrogen and oxygen atoms in total. The van der Waals surface area contributed by atoms with E-state index < -0.39 is 11.9 Å². The average molecular weight is 305 g/mol. The Balaban J connectivity index is 2.16. The first kappa shape index (κ1) is 16.3. The van der Waals surface area contributed by atoms with Crippen LogP contribution in [-0.4, -0.2) is 24.1 Å². The van der Waals surface area contributed by atoms with E-state index in [9.17, 15) is 9.59 Å². The van der Waals surface area contributed by atoms with Crippen LogP contribution in [0.5, 0.6) is 5.75 Å². The number of hydrogen-bond donors (Lipinski definition) is 2. The SMILES string of the molecule is COc1cc(C)c(NC(=O)[C@@H]2CC[C@H](C(=O)O)C2)c(C)c1C. The van der Waals surface area contributed by atoms with Crippen LogP contribution in [0.4, 0.5) is 5.69 Å². The number of hydrogen-bond acceptors (Lipinski definition) is 3. The van der Waals surface area contributed by atoms with Crippen molar-refractivity contribution in [3.63, 3.8) is 0 Å². The second kappa shape index (κ2) is 6.38. The lowest BCUT2D eigenvalue weighted by atomic mass is 10.0. The molecule has 2 rings (SSSR count). The quantitative estimate of drug-likeness (QED) is 0.896. The van der Waals surface area contributed by atoms with Gasteiger partial charge >= 0.3 is 5.97 Å². The predicted molar refractivity (Wildman–Crippen MR) is 84.3 cm³/mol. The van der Waals surface area contributed by atoms with Crippen molar-refractivity contribution in [3.05, 3.63) is 22.8 Å². The molecule has 1 aliphatic carbocycles. The topological polar surface area (TPSA) is 75.6 Å². The highest BCUT2D eigenvalue weighted by molar-refractivity contribution is 5.95. The van der Waals surface area contributed by atoms with Gasteiger partial charge in [0.15, 0.2) is 0 Å². The van der Waals surface area contributed by atoms with Gasteiger partial charge in [-0.1, -0.05) is 0 Å². The van der Waals surface area contributed by atoms with Crippen LogP contribution in [0.15, 0.2) is 6.07 Å². The Kier molecular flexibility index (Phi) is 4.74. The maximum absolute atomic E-state index is 12.4. The van der Waals surface area contributed by atoms with Crippen molar-refractivity contribution in [1.29, 1.82) is 0 Å². The Bertz CT molecular complexity index is 609. The minimum absolute atomic E-state index is 0.0838. The van der Waals surface area contributed by atoms with E-state index in [1.54, 1.807) is 7.11 Å². The molecule has 0 aliphatic heterocycles. The van der Waals surface area contributed by atoms with Gasteiger partial charge in [-0.2, -0.15) is 0 Å². The Morgan fingerprint density at radius 3 is 2.36 bits per heavy atom. The fourth-order valence-corrected chi connectivity index (χ4v) is 3.12. The highest BCUT2D eigenvalue weighted by atomic mass is 16.5. The zero-order valence-corrected chi connectivity index (χ0v) is 13.5. The molecule has 0 radical (unpaired) electrons. The molecule has 0 bridgehead atoms. The number of carboxylic acid groups (broad SMARTS) is 1. The molecule has 1 amide bonds. The number of methoxy groups -OCH3 is 1. The molecular formula is C17H23NO4. The van der Waals surface area contributed by atoms with Gasteiger partial charge < -0.3 is 15.2 Å². The lowest BCUT2D eigenvalue weighted by Gasteiger charge is -2.18. The second-order valence-corrected chi connectivity index (χ2v) is 6.06. The Labute approximate surface area is 130 Å². The molecule has 0 unspecified atom stereocenters. The zero-order valence-electron chi connectivity index (χ0n) is 13.5. The van der Waals surface area contributed by atoms with Gasteiger partial charge in [-0.05, 0) is 62.8 Å². The number of nitrogens with one attached hydrogen (secondary N) is 1. The molecule has 2 atom stereocenters. The summed E-state index contributed by atoms with van der Waals surface area (Å²) in [6.45, 7) is 5.84. The van der Waals surface area contributed by atoms with Crippen molar-refractivity contribution in [1.82, 2.24) is 0 Å². The number of amides is 1. The van der Waals surface area contributed by atoms with E-state index in [1.807, 2.05) is 26.8 Å². The number of benzene rings is 1. The van der Waals surface area contributed by atoms with Crippen LogP contribution < -0.4 is 10.1 Å². The molecular weight excluding hydrogens is 282 g/mol. The molecule has 0 heterocycles. The summed E-state index contributed by atoms with van der Waals surface area (Å²) < 4.78 is 5.33. The van der Waals surface area contributed by atoms with Crippen LogP contribution in [0.2, 0.25) is 0 Å². The Morgan fingerprint density at radius 1 is 1.18 bits per heavy atom. The van der Waals surface area contributed by atoms with Gasteiger partial charge in [-0.15, -0.1) is 0 Å². The van der Waals surface area contributed by atoms with Crippen molar-refractivity contribution < 1.29 is 19.4 Å². The van der Waals surface area contributed by atoms with Crippen LogP contribution in [-0.2, 0) is 9.59 Å². The zero-order chi connectivity index (χ0) is 16.4. The third-order valence-electron chi connectivity index (χ3n) is 4.67. The molecule has 1 aromatic carbocycles. The molecule has 0 spiro atoms. The molecule has 1 aromatic rings. The third kappa shape index (κ3) is 3.08. The summed E-state index contributed by atoms with van der Waals surface area (Å²) in [5, 5.41) is 12.0. The van der Waals surface area contributed by atoms with Gasteiger partial charge in [0, 0.05) is 11.6 Å². The molecule has 1 aliphatic rings. The van der Waals surface area contributed by atoms with E-state index in [-0.39, 0.29) is 11.8 Å². The largest absolute Gasteiger partial charge is 0.496 e. The van der Waals surface area contributed by atoms with E-state index in [2.05, 4.69) is 5.32 Å². The summed E-state index contributed by atoms with van der Waals surface area (Å²) in [5.74, 6) is -0.694. The molecule has 22 heavy (non-hydrogen) atoms. The van der Waals surface area contributed by atoms with Gasteiger partial charge in [0.25, 0.3) is 0 Å². The molecule has 2 N–H and O–H groups in total. The first-order chi connectivity index (χ1) is 10.3. The van der Waals surface area contributed by atoms with Crippen LogP contribution >= 0.6 is 0 Å². The van der Waals surface area contributed by atoms with Gasteiger partial charge in [0.2, 0.25) is 5.91 Å². The first-order valence-electron chi connectivity index (χ1n) is 7.53. The minimum Gasteiger partial charge on any atom is -0.496 e. The van der Waals surface area contributed by atoms with Gasteiger partial charge in [-0.25, -0.2) is 0 Å². The van der Waals surface area contributed by atoms with E-state index in [1.165, 1.54) is 0 Å². The number of carbonyl (C=O) groups excluding carboxylic acids is 1. The average Bonchev–Trinajstić information content (AvgIpc) is 2.97. The van der Waals surface area contributed by atoms with Gasteiger partial charge in [0.05, 0.1) is 13.0 Å². The highest BCUT2D eigenvalue weighted by Crippen LogP contribution is 2.34. The number of carbonyl (C=O) groups is 2. The molecule has 1 fully saturated rings. The van der Waals surface area contributed by atoms with Crippen LogP contribution in [0.25, 0.3) is 0 Å². The smallest absolute Gasteiger partial charge is 0.306 e. The number of anilines is 1. The predicted octanol–water partition coefficient (Wildman–Crippen LogP) is 3.06. The van der Waals surface area contributed by atoms with Crippen molar-refractivity contribution in [2.45, 2.75) is 40.0 Å². The molecule has 120 valence electrons. The van der Waals surface area contributed by atoms with Crippen LogP contribution in [0.1, 0.15) is 36.0 Å². The van der Waals surface area contributed by atoms with Crippen molar-refractivity contribution in [3.8, 4) is 5.75 Å². The van der Waals surface area contributed by atoms with E-state index >= 15 is 0 Å². The maximum atomic E-state index is 12.4. The van der Waals surface area contributed by atoms with E-state index in [0.717, 1.165) is 28.1 Å². The van der Waals surface area contributed by atoms with Crippen LogP contribution in [0, 0.1) is 32.6 Å². The van der Waals surface area contributed by atoms with E-state index in [0.29, 0.717) is 19.3 Å². The van der Waals surface area contributed by atoms with Crippen molar-refractivity contribution in [2.75, 3.05) is 12.4 Å². The minimum atomic E-state index is -0.803. The lowest BCUT2D eigenvalue weighted by Crippen LogP contribution is -2.23. The third-order valence-corrected chi connectivity index (χ3v) is 4.67. The molecule has 5 heteroatoms. The lowest BCUT2D eigenvalue weighted by molar-refractivity contribution is -0.141. The molecule has 1 saturated carbocycles. The summed E-state index contributed by atoms with van der Waals surface area (Å²) in [5.41, 5.74) is 3.74. The first-order valence-corrected chi connectivity index (χ1v) is 7.53. The molecule has 0 saturated heterocycles. The Morgan fingerprint density at radius 2 is 1.82 bits per heavy atom. The number of carboxylic acids is 1. The van der Waals surface area contributed by atoms with Gasteiger partial charge in [-0.3, -0.25) is 9.59 Å². The second-order valence-electron chi connectivity index (χ2n) is 6.06. The summed E-state index contributed by atoms with van der Waals surface area (Å²) in [6.07, 6.45) is 1.64. The number of rotatable bonds is 4. The standard InChI is InChI=1S/C17H23NO4/c1-9-7-14(22-4)10(2)11(3)15(9)18-16(19)12-5-6-13(8-12)17(20)21/h7,12-13H,5-6,8H2,1-4H3,(H,18,19)(H,20,21)/t12-,13+/m1/s1. The monoisotopic (exact) mass is 305 g/mol. The molecule has 0 aromatic heterocycles. The van der Waals surface area contributed by atoms with Crippen molar-refractivity contribution in [2.24, 2.45) is 11.8 Å². The summed E-state index contributed by atoms with van der Waals surface area (Å²) >= 11 is 0. The highest BCUT2D eigenvalue weighted by Gasteiger charge is 2.34. The number of ether oxygens (including phenoxy) is 1. The number of aliphatic carboxylic acids is 1. The summed E-state index contributed by atoms with van der Waals surface area (Å²) in [7, 11) is 1.63. The normalized spacial score (nSPS) is 20.7. The van der Waals surface area contributed by atoms with E-state index in [4.69, 9.17) is 9.84 Å². The summed E-state index contributed by atoms with van der Waals surface area (Å²) in [6, 6.07) is 1.91. The fourth-order valence-electron chi connectivity index (χ4n) is 3.12. The van der Waals surface area contributed by atoms with Crippen LogP contribution in [0.3, 0.4) is 0 Å². The number of aryl methyl sites for hydroxylation is 1.